The van der Waals surface area contributed by atoms with E-state index in [2.05, 4.69) is 24.1 Å². The molecule has 0 saturated carbocycles. The van der Waals surface area contributed by atoms with Crippen LogP contribution in [0.5, 0.6) is 0 Å². The van der Waals surface area contributed by atoms with Crippen molar-refractivity contribution < 1.29 is 9.21 Å². The molecule has 1 rings (SSSR count). The molecule has 22 heavy (non-hydrogen) atoms. The lowest BCUT2D eigenvalue weighted by molar-refractivity contribution is -0.123. The topological polar surface area (TPSA) is 71.5 Å². The van der Waals surface area contributed by atoms with Crippen molar-refractivity contribution in [2.45, 2.75) is 46.2 Å². The van der Waals surface area contributed by atoms with Crippen LogP contribution in [-0.4, -0.2) is 36.5 Å². The molecule has 1 heterocycles. The van der Waals surface area contributed by atoms with Gasteiger partial charge in [0.25, 0.3) is 0 Å². The quantitative estimate of drug-likeness (QED) is 0.729. The highest BCUT2D eigenvalue weighted by Gasteiger charge is 2.24. The monoisotopic (exact) mass is 331 g/mol. The number of amides is 1. The smallest absolute Gasteiger partial charge is 0.237 e. The molecule has 1 aromatic heterocycles. The number of likely N-dealkylation sites (N-methyl/N-ethyl adjacent to an activating group) is 1. The molecule has 0 radical (unpaired) electrons. The molecule has 0 aromatic carbocycles. The highest BCUT2D eigenvalue weighted by atomic mass is 35.5. The summed E-state index contributed by atoms with van der Waals surface area (Å²) in [6, 6.07) is 3.41. The number of halogens is 1. The molecule has 0 aliphatic rings. The number of carbonyl (C=O) groups excluding carboxylic acids is 1. The molecular formula is C16H30ClN3O2. The van der Waals surface area contributed by atoms with Gasteiger partial charge >= 0.3 is 0 Å². The molecule has 0 bridgehead atoms. The van der Waals surface area contributed by atoms with Crippen LogP contribution >= 0.6 is 12.4 Å². The first-order chi connectivity index (χ1) is 10.0. The Kier molecular flexibility index (Phi) is 10.1. The third-order valence-electron chi connectivity index (χ3n) is 4.15. The van der Waals surface area contributed by atoms with Gasteiger partial charge in [0.1, 0.15) is 5.76 Å². The van der Waals surface area contributed by atoms with Gasteiger partial charge in [0.15, 0.2) is 0 Å². The van der Waals surface area contributed by atoms with E-state index in [0.717, 1.165) is 25.3 Å². The van der Waals surface area contributed by atoms with Gasteiger partial charge in [-0.05, 0) is 31.1 Å². The fourth-order valence-corrected chi connectivity index (χ4v) is 2.38. The summed E-state index contributed by atoms with van der Waals surface area (Å²) in [5, 5.41) is 2.97. The van der Waals surface area contributed by atoms with E-state index >= 15 is 0 Å². The minimum Gasteiger partial charge on any atom is -0.468 e. The first-order valence-electron chi connectivity index (χ1n) is 7.85. The van der Waals surface area contributed by atoms with Gasteiger partial charge in [-0.2, -0.15) is 0 Å². The number of hydrogen-bond acceptors (Lipinski definition) is 4. The van der Waals surface area contributed by atoms with Crippen LogP contribution in [0.25, 0.3) is 0 Å². The van der Waals surface area contributed by atoms with Crippen LogP contribution in [0.3, 0.4) is 0 Å². The molecule has 1 aromatic rings. The van der Waals surface area contributed by atoms with Crippen molar-refractivity contribution in [3.8, 4) is 0 Å². The Morgan fingerprint density at radius 1 is 1.36 bits per heavy atom. The van der Waals surface area contributed by atoms with E-state index < -0.39 is 6.04 Å². The Morgan fingerprint density at radius 3 is 2.45 bits per heavy atom. The van der Waals surface area contributed by atoms with Crippen molar-refractivity contribution in [3.63, 3.8) is 0 Å². The minimum absolute atomic E-state index is 0. The number of nitrogens with one attached hydrogen (secondary N) is 1. The summed E-state index contributed by atoms with van der Waals surface area (Å²) in [6.07, 6.45) is 2.56. The summed E-state index contributed by atoms with van der Waals surface area (Å²) >= 11 is 0. The second-order valence-corrected chi connectivity index (χ2v) is 5.41. The van der Waals surface area contributed by atoms with E-state index in [-0.39, 0.29) is 30.3 Å². The van der Waals surface area contributed by atoms with Crippen molar-refractivity contribution in [1.29, 1.82) is 0 Å². The molecule has 0 spiro atoms. The van der Waals surface area contributed by atoms with Gasteiger partial charge in [-0.1, -0.05) is 34.1 Å². The molecule has 0 fully saturated rings. The zero-order valence-electron chi connectivity index (χ0n) is 14.0. The highest BCUT2D eigenvalue weighted by molar-refractivity contribution is 5.85. The SMILES string of the molecule is CCC(C)C(N)C(=O)NCC(c1ccco1)N(CC)CC.Cl. The van der Waals surface area contributed by atoms with Crippen LogP contribution in [0.1, 0.15) is 45.9 Å². The lowest BCUT2D eigenvalue weighted by Gasteiger charge is -2.29. The van der Waals surface area contributed by atoms with Gasteiger partial charge in [0.05, 0.1) is 18.3 Å². The van der Waals surface area contributed by atoms with Crippen LogP contribution in [0.15, 0.2) is 22.8 Å². The maximum absolute atomic E-state index is 12.1. The second kappa shape index (κ2) is 10.6. The molecule has 128 valence electrons. The lowest BCUT2D eigenvalue weighted by atomic mass is 9.99. The lowest BCUT2D eigenvalue weighted by Crippen LogP contribution is -2.47. The zero-order valence-corrected chi connectivity index (χ0v) is 14.9. The summed E-state index contributed by atoms with van der Waals surface area (Å²) in [7, 11) is 0. The van der Waals surface area contributed by atoms with Crippen molar-refractivity contribution in [2.75, 3.05) is 19.6 Å². The molecule has 5 nitrogen and oxygen atoms in total. The number of nitrogens with zero attached hydrogens (tertiary/aromatic N) is 1. The number of hydrogen-bond donors (Lipinski definition) is 2. The Bertz CT molecular complexity index is 408. The maximum Gasteiger partial charge on any atom is 0.237 e. The fraction of sp³-hybridized carbons (Fsp3) is 0.688. The van der Waals surface area contributed by atoms with Crippen LogP contribution in [-0.2, 0) is 4.79 Å². The van der Waals surface area contributed by atoms with E-state index in [0.29, 0.717) is 6.54 Å². The normalized spacial score (nSPS) is 15.0. The van der Waals surface area contributed by atoms with Crippen molar-refractivity contribution in [3.05, 3.63) is 24.2 Å². The summed E-state index contributed by atoms with van der Waals surface area (Å²) < 4.78 is 5.52. The summed E-state index contributed by atoms with van der Waals surface area (Å²) in [6.45, 7) is 10.6. The molecule has 0 saturated heterocycles. The Labute approximate surface area is 140 Å². The standard InChI is InChI=1S/C16H29N3O2.ClH/c1-5-12(4)15(17)16(20)18-11-13(19(6-2)7-3)14-9-8-10-21-14;/h8-10,12-13,15H,5-7,11,17H2,1-4H3,(H,18,20);1H. The van der Waals surface area contributed by atoms with Gasteiger partial charge in [-0.25, -0.2) is 0 Å². The molecule has 3 N–H and O–H groups in total. The summed E-state index contributed by atoms with van der Waals surface area (Å²) in [5.74, 6) is 0.963. The second-order valence-electron chi connectivity index (χ2n) is 5.41. The average molecular weight is 332 g/mol. The largest absolute Gasteiger partial charge is 0.468 e. The third kappa shape index (κ3) is 5.63. The molecule has 0 aliphatic heterocycles. The minimum atomic E-state index is -0.455. The predicted molar refractivity (Wildman–Crippen MR) is 92.1 cm³/mol. The van der Waals surface area contributed by atoms with E-state index in [4.69, 9.17) is 10.2 Å². The van der Waals surface area contributed by atoms with Gasteiger partial charge in [-0.3, -0.25) is 9.69 Å². The highest BCUT2D eigenvalue weighted by Crippen LogP contribution is 2.20. The predicted octanol–water partition coefficient (Wildman–Crippen LogP) is 2.57. The van der Waals surface area contributed by atoms with E-state index in [1.165, 1.54) is 0 Å². The molecule has 1 amide bonds. The number of furan rings is 1. The van der Waals surface area contributed by atoms with E-state index in [1.807, 2.05) is 26.0 Å². The number of nitrogens with two attached hydrogens (primary N) is 1. The Hall–Kier alpha value is -1.04. The maximum atomic E-state index is 12.1. The van der Waals surface area contributed by atoms with Crippen molar-refractivity contribution >= 4 is 18.3 Å². The summed E-state index contributed by atoms with van der Waals surface area (Å²) in [4.78, 5) is 14.4. The van der Waals surface area contributed by atoms with Gasteiger partial charge in [0, 0.05) is 6.54 Å². The Morgan fingerprint density at radius 2 is 2.00 bits per heavy atom. The van der Waals surface area contributed by atoms with E-state index in [1.54, 1.807) is 6.26 Å². The molecule has 6 heteroatoms. The average Bonchev–Trinajstić information content (AvgIpc) is 3.03. The fourth-order valence-electron chi connectivity index (χ4n) is 2.38. The van der Waals surface area contributed by atoms with Gasteiger partial charge in [0.2, 0.25) is 5.91 Å². The Balaban J connectivity index is 0.00000441. The van der Waals surface area contributed by atoms with Crippen LogP contribution in [0.2, 0.25) is 0 Å². The molecule has 0 aliphatic carbocycles. The van der Waals surface area contributed by atoms with Crippen LogP contribution in [0.4, 0.5) is 0 Å². The van der Waals surface area contributed by atoms with Crippen molar-refractivity contribution in [2.24, 2.45) is 11.7 Å². The summed E-state index contributed by atoms with van der Waals surface area (Å²) in [5.41, 5.74) is 5.97. The third-order valence-corrected chi connectivity index (χ3v) is 4.15. The molecule has 3 atom stereocenters. The van der Waals surface area contributed by atoms with Crippen LogP contribution < -0.4 is 11.1 Å². The first-order valence-corrected chi connectivity index (χ1v) is 7.85. The molecule has 3 unspecified atom stereocenters. The van der Waals surface area contributed by atoms with E-state index in [9.17, 15) is 4.79 Å². The van der Waals surface area contributed by atoms with Gasteiger partial charge < -0.3 is 15.5 Å². The van der Waals surface area contributed by atoms with Gasteiger partial charge in [-0.15, -0.1) is 12.4 Å². The zero-order chi connectivity index (χ0) is 15.8. The number of rotatable bonds is 9. The molecular weight excluding hydrogens is 302 g/mol. The van der Waals surface area contributed by atoms with Crippen LogP contribution in [0, 0.1) is 5.92 Å². The van der Waals surface area contributed by atoms with Crippen molar-refractivity contribution in [1.82, 2.24) is 10.2 Å². The number of carbonyl (C=O) groups is 1. The first kappa shape index (κ1) is 21.0.